The molecular formula is C11H15N5. The van der Waals surface area contributed by atoms with Gasteiger partial charge in [0.1, 0.15) is 13.0 Å². The molecule has 3 rings (SSSR count). The molecule has 1 fully saturated rings. The van der Waals surface area contributed by atoms with Gasteiger partial charge in [-0.1, -0.05) is 0 Å². The first-order valence-corrected chi connectivity index (χ1v) is 5.67. The number of anilines is 1. The molecule has 2 aliphatic heterocycles. The van der Waals surface area contributed by atoms with Crippen LogP contribution in [-0.4, -0.2) is 41.2 Å². The summed E-state index contributed by atoms with van der Waals surface area (Å²) >= 11 is 0. The van der Waals surface area contributed by atoms with E-state index >= 15 is 0 Å². The van der Waals surface area contributed by atoms with Gasteiger partial charge in [-0.2, -0.15) is 0 Å². The molecule has 0 aliphatic carbocycles. The molecule has 1 aromatic heterocycles. The van der Waals surface area contributed by atoms with Crippen molar-refractivity contribution in [3.8, 4) is 0 Å². The van der Waals surface area contributed by atoms with Crippen LogP contribution in [0, 0.1) is 0 Å². The maximum Gasteiger partial charge on any atom is 0.130 e. The van der Waals surface area contributed by atoms with Crippen LogP contribution in [0.5, 0.6) is 0 Å². The molecular weight excluding hydrogens is 202 g/mol. The van der Waals surface area contributed by atoms with Crippen LogP contribution in [0.4, 0.5) is 5.69 Å². The first-order chi connectivity index (χ1) is 7.93. The number of hydrazone groups is 1. The summed E-state index contributed by atoms with van der Waals surface area (Å²) in [5.74, 6) is 0. The molecule has 0 bridgehead atoms. The van der Waals surface area contributed by atoms with E-state index in [0.29, 0.717) is 0 Å². The Morgan fingerprint density at radius 1 is 1.19 bits per heavy atom. The molecule has 3 heterocycles. The van der Waals surface area contributed by atoms with E-state index in [1.807, 2.05) is 29.8 Å². The van der Waals surface area contributed by atoms with Crippen LogP contribution >= 0.6 is 0 Å². The number of pyridine rings is 1. The second-order valence-corrected chi connectivity index (χ2v) is 4.09. The Balaban J connectivity index is 1.68. The Hall–Kier alpha value is -1.62. The van der Waals surface area contributed by atoms with Crippen molar-refractivity contribution in [2.75, 3.05) is 24.7 Å². The molecule has 5 heteroatoms. The zero-order chi connectivity index (χ0) is 10.8. The molecule has 0 radical (unpaired) electrons. The molecule has 0 aromatic carbocycles. The summed E-state index contributed by atoms with van der Waals surface area (Å²) < 4.78 is 0. The predicted octanol–water partition coefficient (Wildman–Crippen LogP) is 1.12. The molecule has 1 saturated heterocycles. The van der Waals surface area contributed by atoms with Gasteiger partial charge in [-0.05, 0) is 25.0 Å². The third-order valence-electron chi connectivity index (χ3n) is 2.99. The molecule has 0 saturated carbocycles. The van der Waals surface area contributed by atoms with Gasteiger partial charge in [-0.25, -0.2) is 10.1 Å². The zero-order valence-electron chi connectivity index (χ0n) is 9.16. The van der Waals surface area contributed by atoms with Crippen molar-refractivity contribution in [3.63, 3.8) is 0 Å². The van der Waals surface area contributed by atoms with Crippen LogP contribution in [0.1, 0.15) is 12.8 Å². The van der Waals surface area contributed by atoms with Gasteiger partial charge in [0.05, 0.1) is 11.9 Å². The first kappa shape index (κ1) is 9.59. The van der Waals surface area contributed by atoms with Gasteiger partial charge in [0, 0.05) is 19.3 Å². The van der Waals surface area contributed by atoms with E-state index in [9.17, 15) is 0 Å². The molecule has 1 aromatic rings. The summed E-state index contributed by atoms with van der Waals surface area (Å²) in [7, 11) is 0. The van der Waals surface area contributed by atoms with Crippen molar-refractivity contribution >= 4 is 12.0 Å². The summed E-state index contributed by atoms with van der Waals surface area (Å²) in [6.07, 6.45) is 8.07. The highest BCUT2D eigenvalue weighted by atomic mass is 15.8. The van der Waals surface area contributed by atoms with Crippen molar-refractivity contribution < 1.29 is 0 Å². The van der Waals surface area contributed by atoms with E-state index in [1.54, 1.807) is 6.20 Å². The van der Waals surface area contributed by atoms with E-state index in [0.717, 1.165) is 25.4 Å². The Morgan fingerprint density at radius 2 is 2.06 bits per heavy atom. The quantitative estimate of drug-likeness (QED) is 0.743. The number of hydrogen-bond acceptors (Lipinski definition) is 5. The van der Waals surface area contributed by atoms with Crippen molar-refractivity contribution in [1.29, 1.82) is 0 Å². The fourth-order valence-corrected chi connectivity index (χ4v) is 2.10. The SMILES string of the molecule is C1=NN(N2CCCC2)CN1c1cccnc1. The third kappa shape index (κ3) is 1.74. The second-order valence-electron chi connectivity index (χ2n) is 4.09. The fourth-order valence-electron chi connectivity index (χ4n) is 2.10. The number of hydrazine groups is 1. The minimum Gasteiger partial charge on any atom is -0.308 e. The van der Waals surface area contributed by atoms with Crippen LogP contribution < -0.4 is 4.90 Å². The maximum absolute atomic E-state index is 4.41. The van der Waals surface area contributed by atoms with Crippen LogP contribution in [0.15, 0.2) is 29.6 Å². The van der Waals surface area contributed by atoms with Gasteiger partial charge in [0.15, 0.2) is 0 Å². The molecule has 0 N–H and O–H groups in total. The predicted molar refractivity (Wildman–Crippen MR) is 62.7 cm³/mol. The Kier molecular flexibility index (Phi) is 2.46. The highest BCUT2D eigenvalue weighted by Gasteiger charge is 2.23. The van der Waals surface area contributed by atoms with Gasteiger partial charge >= 0.3 is 0 Å². The third-order valence-corrected chi connectivity index (χ3v) is 2.99. The van der Waals surface area contributed by atoms with Crippen molar-refractivity contribution in [3.05, 3.63) is 24.5 Å². The topological polar surface area (TPSA) is 35.0 Å². The molecule has 0 spiro atoms. The zero-order valence-corrected chi connectivity index (χ0v) is 9.16. The lowest BCUT2D eigenvalue weighted by molar-refractivity contribution is 0.0113. The molecule has 0 amide bonds. The van der Waals surface area contributed by atoms with E-state index in [1.165, 1.54) is 12.8 Å². The maximum atomic E-state index is 4.41. The van der Waals surface area contributed by atoms with E-state index in [-0.39, 0.29) is 0 Å². The van der Waals surface area contributed by atoms with E-state index < -0.39 is 0 Å². The molecule has 0 unspecified atom stereocenters. The summed E-state index contributed by atoms with van der Waals surface area (Å²) in [6, 6.07) is 3.99. The summed E-state index contributed by atoms with van der Waals surface area (Å²) in [6.45, 7) is 3.04. The van der Waals surface area contributed by atoms with Gasteiger partial charge in [-0.3, -0.25) is 4.98 Å². The first-order valence-electron chi connectivity index (χ1n) is 5.67. The molecule has 84 valence electrons. The highest BCUT2D eigenvalue weighted by Crippen LogP contribution is 2.18. The Morgan fingerprint density at radius 3 is 2.81 bits per heavy atom. The minimum absolute atomic E-state index is 0.797. The van der Waals surface area contributed by atoms with Gasteiger partial charge in [0.2, 0.25) is 0 Å². The number of hydrogen-bond donors (Lipinski definition) is 0. The smallest absolute Gasteiger partial charge is 0.130 e. The Bertz CT molecular complexity index is 371. The Labute approximate surface area is 94.9 Å². The number of nitrogens with zero attached hydrogens (tertiary/aromatic N) is 5. The highest BCUT2D eigenvalue weighted by molar-refractivity contribution is 5.79. The number of aromatic nitrogens is 1. The monoisotopic (exact) mass is 217 g/mol. The van der Waals surface area contributed by atoms with Crippen LogP contribution in [-0.2, 0) is 0 Å². The normalized spacial score (nSPS) is 21.0. The average molecular weight is 217 g/mol. The summed E-state index contributed by atoms with van der Waals surface area (Å²) in [5.41, 5.74) is 1.09. The van der Waals surface area contributed by atoms with Crippen molar-refractivity contribution in [2.24, 2.45) is 5.10 Å². The summed E-state index contributed by atoms with van der Waals surface area (Å²) in [5, 5.41) is 8.75. The van der Waals surface area contributed by atoms with Crippen molar-refractivity contribution in [1.82, 2.24) is 15.1 Å². The number of rotatable bonds is 2. The van der Waals surface area contributed by atoms with Gasteiger partial charge in [0.25, 0.3) is 0 Å². The second kappa shape index (κ2) is 4.09. The van der Waals surface area contributed by atoms with Crippen LogP contribution in [0.25, 0.3) is 0 Å². The lowest BCUT2D eigenvalue weighted by Crippen LogP contribution is -2.38. The molecule has 2 aliphatic rings. The average Bonchev–Trinajstić information content (AvgIpc) is 3.01. The van der Waals surface area contributed by atoms with Crippen molar-refractivity contribution in [2.45, 2.75) is 12.8 Å². The van der Waals surface area contributed by atoms with Crippen LogP contribution in [0.3, 0.4) is 0 Å². The van der Waals surface area contributed by atoms with Gasteiger partial charge in [-0.15, -0.1) is 5.10 Å². The van der Waals surface area contributed by atoms with Crippen LogP contribution in [0.2, 0.25) is 0 Å². The molecule has 0 atom stereocenters. The van der Waals surface area contributed by atoms with E-state index in [2.05, 4.69) is 20.0 Å². The molecule has 16 heavy (non-hydrogen) atoms. The minimum atomic E-state index is 0.797. The standard InChI is InChI=1S/C11H15N5/c1-2-7-15(6-1)16-10-14(9-13-16)11-4-3-5-12-8-11/h3-5,8-9H,1-2,6-7,10H2. The van der Waals surface area contributed by atoms with Gasteiger partial charge < -0.3 is 4.90 Å². The molecule has 5 nitrogen and oxygen atoms in total. The van der Waals surface area contributed by atoms with E-state index in [4.69, 9.17) is 0 Å². The lowest BCUT2D eigenvalue weighted by Gasteiger charge is -2.26. The lowest BCUT2D eigenvalue weighted by atomic mass is 10.4. The largest absolute Gasteiger partial charge is 0.308 e. The summed E-state index contributed by atoms with van der Waals surface area (Å²) in [4.78, 5) is 6.22. The fraction of sp³-hybridized carbons (Fsp3) is 0.455.